The van der Waals surface area contributed by atoms with Crippen molar-refractivity contribution >= 4 is 11.8 Å². The molecule has 2 aliphatic carbocycles. The van der Waals surface area contributed by atoms with E-state index in [0.29, 0.717) is 12.1 Å². The van der Waals surface area contributed by atoms with Crippen LogP contribution in [0.15, 0.2) is 0 Å². The minimum Gasteiger partial charge on any atom is -0.352 e. The summed E-state index contributed by atoms with van der Waals surface area (Å²) in [6.07, 6.45) is 4.44. The standard InChI is InChI=1S/C12H21N3O2/c1-2-15(10-5-6-10)12(17)8-13-7-11(16)14-9-3-4-9/h9-10,13H,2-8H2,1H3,(H,14,16). The van der Waals surface area contributed by atoms with E-state index in [-0.39, 0.29) is 24.9 Å². The summed E-state index contributed by atoms with van der Waals surface area (Å²) in [4.78, 5) is 25.1. The van der Waals surface area contributed by atoms with Crippen molar-refractivity contribution in [3.8, 4) is 0 Å². The average molecular weight is 239 g/mol. The minimum atomic E-state index is -0.00484. The lowest BCUT2D eigenvalue weighted by molar-refractivity contribution is -0.130. The summed E-state index contributed by atoms with van der Waals surface area (Å²) in [5, 5.41) is 5.79. The van der Waals surface area contributed by atoms with Gasteiger partial charge in [-0.05, 0) is 32.6 Å². The molecule has 2 fully saturated rings. The topological polar surface area (TPSA) is 61.4 Å². The van der Waals surface area contributed by atoms with E-state index in [1.54, 1.807) is 0 Å². The van der Waals surface area contributed by atoms with Crippen LogP contribution in [0.5, 0.6) is 0 Å². The van der Waals surface area contributed by atoms with Gasteiger partial charge in [0.15, 0.2) is 0 Å². The second-order valence-electron chi connectivity index (χ2n) is 4.86. The van der Waals surface area contributed by atoms with E-state index in [0.717, 1.165) is 32.2 Å². The van der Waals surface area contributed by atoms with E-state index in [4.69, 9.17) is 0 Å². The second kappa shape index (κ2) is 5.49. The molecular weight excluding hydrogens is 218 g/mol. The van der Waals surface area contributed by atoms with Crippen LogP contribution in [-0.2, 0) is 9.59 Å². The Balaban J connectivity index is 1.59. The van der Waals surface area contributed by atoms with Crippen molar-refractivity contribution in [1.29, 1.82) is 0 Å². The molecule has 2 rings (SSSR count). The lowest BCUT2D eigenvalue weighted by atomic mass is 10.4. The predicted molar refractivity (Wildman–Crippen MR) is 64.4 cm³/mol. The largest absolute Gasteiger partial charge is 0.352 e. The number of rotatable bonds is 7. The molecule has 0 unspecified atom stereocenters. The third kappa shape index (κ3) is 4.00. The fourth-order valence-electron chi connectivity index (χ4n) is 1.92. The molecule has 5 nitrogen and oxygen atoms in total. The van der Waals surface area contributed by atoms with Gasteiger partial charge in [0.1, 0.15) is 0 Å². The van der Waals surface area contributed by atoms with Crippen molar-refractivity contribution in [2.45, 2.75) is 44.7 Å². The molecule has 0 radical (unpaired) electrons. The third-order valence-corrected chi connectivity index (χ3v) is 3.15. The van der Waals surface area contributed by atoms with Crippen molar-refractivity contribution in [2.75, 3.05) is 19.6 Å². The Morgan fingerprint density at radius 3 is 2.41 bits per heavy atom. The molecule has 0 aromatic carbocycles. The fourth-order valence-corrected chi connectivity index (χ4v) is 1.92. The Morgan fingerprint density at radius 2 is 1.88 bits per heavy atom. The molecule has 2 saturated carbocycles. The first-order valence-corrected chi connectivity index (χ1v) is 6.50. The highest BCUT2D eigenvalue weighted by atomic mass is 16.2. The van der Waals surface area contributed by atoms with Crippen molar-refractivity contribution in [3.63, 3.8) is 0 Å². The Hall–Kier alpha value is -1.10. The number of carbonyl (C=O) groups excluding carboxylic acids is 2. The van der Waals surface area contributed by atoms with Crippen LogP contribution in [0, 0.1) is 0 Å². The molecule has 96 valence electrons. The first kappa shape index (κ1) is 12.4. The maximum absolute atomic E-state index is 11.8. The zero-order valence-corrected chi connectivity index (χ0v) is 10.4. The number of carbonyl (C=O) groups is 2. The van der Waals surface area contributed by atoms with E-state index in [1.807, 2.05) is 11.8 Å². The maximum atomic E-state index is 11.8. The van der Waals surface area contributed by atoms with Crippen molar-refractivity contribution in [1.82, 2.24) is 15.5 Å². The van der Waals surface area contributed by atoms with Crippen molar-refractivity contribution in [2.24, 2.45) is 0 Å². The van der Waals surface area contributed by atoms with Crippen molar-refractivity contribution in [3.05, 3.63) is 0 Å². The zero-order valence-electron chi connectivity index (χ0n) is 10.4. The Kier molecular flexibility index (Phi) is 3.99. The van der Waals surface area contributed by atoms with Gasteiger partial charge in [0.25, 0.3) is 0 Å². The highest BCUT2D eigenvalue weighted by Gasteiger charge is 2.31. The van der Waals surface area contributed by atoms with E-state index < -0.39 is 0 Å². The Labute approximate surface area is 102 Å². The SMILES string of the molecule is CCN(C(=O)CNCC(=O)NC1CC1)C1CC1. The molecular formula is C12H21N3O2. The van der Waals surface area contributed by atoms with Gasteiger partial charge in [-0.2, -0.15) is 0 Å². The average Bonchev–Trinajstić information content (AvgIpc) is 3.11. The first-order valence-electron chi connectivity index (χ1n) is 6.50. The summed E-state index contributed by atoms with van der Waals surface area (Å²) in [5.41, 5.74) is 0. The maximum Gasteiger partial charge on any atom is 0.236 e. The summed E-state index contributed by atoms with van der Waals surface area (Å²) in [7, 11) is 0. The molecule has 0 atom stereocenters. The summed E-state index contributed by atoms with van der Waals surface area (Å²) in [6.45, 7) is 3.27. The van der Waals surface area contributed by atoms with E-state index in [9.17, 15) is 9.59 Å². The van der Waals surface area contributed by atoms with Crippen LogP contribution >= 0.6 is 0 Å². The highest BCUT2D eigenvalue weighted by molar-refractivity contribution is 5.81. The zero-order chi connectivity index (χ0) is 12.3. The lowest BCUT2D eigenvalue weighted by Crippen LogP contribution is -2.42. The molecule has 0 aliphatic heterocycles. The molecule has 0 aromatic rings. The predicted octanol–water partition coefficient (Wildman–Crippen LogP) is -0.134. The van der Waals surface area contributed by atoms with Crippen LogP contribution < -0.4 is 10.6 Å². The molecule has 0 spiro atoms. The van der Waals surface area contributed by atoms with E-state index >= 15 is 0 Å². The normalized spacial score (nSPS) is 18.9. The first-order chi connectivity index (χ1) is 8.20. The molecule has 0 saturated heterocycles. The third-order valence-electron chi connectivity index (χ3n) is 3.15. The summed E-state index contributed by atoms with van der Waals surface area (Å²) in [6, 6.07) is 0.841. The number of likely N-dealkylation sites (N-methyl/N-ethyl adjacent to an activating group) is 1. The summed E-state index contributed by atoms with van der Waals surface area (Å²) >= 11 is 0. The second-order valence-corrected chi connectivity index (χ2v) is 4.86. The van der Waals surface area contributed by atoms with Gasteiger partial charge < -0.3 is 10.2 Å². The Morgan fingerprint density at radius 1 is 1.18 bits per heavy atom. The molecule has 2 N–H and O–H groups in total. The number of hydrogen-bond acceptors (Lipinski definition) is 3. The smallest absolute Gasteiger partial charge is 0.236 e. The molecule has 0 aromatic heterocycles. The van der Waals surface area contributed by atoms with Crippen molar-refractivity contribution < 1.29 is 9.59 Å². The van der Waals surface area contributed by atoms with Crippen LogP contribution in [0.3, 0.4) is 0 Å². The molecule has 2 aliphatic rings. The van der Waals surface area contributed by atoms with Gasteiger partial charge in [-0.3, -0.25) is 14.9 Å². The summed E-state index contributed by atoms with van der Waals surface area (Å²) in [5.74, 6) is 0.101. The van der Waals surface area contributed by atoms with Gasteiger partial charge in [0, 0.05) is 18.6 Å². The van der Waals surface area contributed by atoms with Crippen LogP contribution in [0.25, 0.3) is 0 Å². The molecule has 17 heavy (non-hydrogen) atoms. The van der Waals surface area contributed by atoms with Gasteiger partial charge in [-0.15, -0.1) is 0 Å². The number of nitrogens with one attached hydrogen (secondary N) is 2. The summed E-state index contributed by atoms with van der Waals surface area (Å²) < 4.78 is 0. The minimum absolute atomic E-state index is 0.00484. The van der Waals surface area contributed by atoms with Crippen LogP contribution in [0.2, 0.25) is 0 Å². The number of amides is 2. The Bertz CT molecular complexity index is 298. The lowest BCUT2D eigenvalue weighted by Gasteiger charge is -2.20. The van der Waals surface area contributed by atoms with Gasteiger partial charge >= 0.3 is 0 Å². The van der Waals surface area contributed by atoms with Crippen LogP contribution in [0.1, 0.15) is 32.6 Å². The monoisotopic (exact) mass is 239 g/mol. The highest BCUT2D eigenvalue weighted by Crippen LogP contribution is 2.26. The molecule has 0 heterocycles. The fraction of sp³-hybridized carbons (Fsp3) is 0.833. The van der Waals surface area contributed by atoms with Crippen LogP contribution in [-0.4, -0.2) is 48.4 Å². The number of nitrogens with zero attached hydrogens (tertiary/aromatic N) is 1. The van der Waals surface area contributed by atoms with Crippen LogP contribution in [0.4, 0.5) is 0 Å². The molecule has 2 amide bonds. The van der Waals surface area contributed by atoms with E-state index in [2.05, 4.69) is 10.6 Å². The van der Waals surface area contributed by atoms with E-state index in [1.165, 1.54) is 0 Å². The van der Waals surface area contributed by atoms with Gasteiger partial charge in [0.05, 0.1) is 13.1 Å². The quantitative estimate of drug-likeness (QED) is 0.650. The van der Waals surface area contributed by atoms with Gasteiger partial charge in [0.2, 0.25) is 11.8 Å². The molecule has 0 bridgehead atoms. The van der Waals surface area contributed by atoms with Gasteiger partial charge in [-0.1, -0.05) is 0 Å². The molecule has 5 heteroatoms. The number of hydrogen-bond donors (Lipinski definition) is 2. The van der Waals surface area contributed by atoms with Gasteiger partial charge in [-0.25, -0.2) is 0 Å².